The fourth-order valence-electron chi connectivity index (χ4n) is 2.50. The molecule has 0 saturated heterocycles. The van der Waals surface area contributed by atoms with Crippen molar-refractivity contribution in [3.8, 4) is 0 Å². The highest BCUT2D eigenvalue weighted by molar-refractivity contribution is 5.67. The second-order valence-electron chi connectivity index (χ2n) is 4.78. The van der Waals surface area contributed by atoms with Gasteiger partial charge in [-0.3, -0.25) is 4.79 Å². The Hall–Kier alpha value is -0.570. The van der Waals surface area contributed by atoms with Crippen LogP contribution in [0.2, 0.25) is 0 Å². The van der Waals surface area contributed by atoms with Crippen LogP contribution in [0.5, 0.6) is 0 Å². The monoisotopic (exact) mass is 213 g/mol. The molecule has 0 aromatic rings. The van der Waals surface area contributed by atoms with E-state index in [0.717, 1.165) is 12.3 Å². The molecule has 0 heterocycles. The van der Waals surface area contributed by atoms with E-state index in [1.165, 1.54) is 38.5 Å². The SMILES string of the molecule is NCC(CCC1CCCCC1)CC(=O)O. The van der Waals surface area contributed by atoms with E-state index >= 15 is 0 Å². The van der Waals surface area contributed by atoms with E-state index in [0.29, 0.717) is 6.54 Å². The molecule has 1 atom stereocenters. The van der Waals surface area contributed by atoms with Gasteiger partial charge in [0.15, 0.2) is 0 Å². The van der Waals surface area contributed by atoms with E-state index in [9.17, 15) is 4.79 Å². The number of nitrogens with two attached hydrogens (primary N) is 1. The van der Waals surface area contributed by atoms with Crippen LogP contribution in [-0.2, 0) is 4.79 Å². The maximum atomic E-state index is 10.6. The number of hydrogen-bond donors (Lipinski definition) is 2. The minimum Gasteiger partial charge on any atom is -0.481 e. The van der Waals surface area contributed by atoms with Crippen molar-refractivity contribution in [1.82, 2.24) is 0 Å². The summed E-state index contributed by atoms with van der Waals surface area (Å²) < 4.78 is 0. The van der Waals surface area contributed by atoms with Crippen molar-refractivity contribution in [3.63, 3.8) is 0 Å². The zero-order valence-corrected chi connectivity index (χ0v) is 9.45. The van der Waals surface area contributed by atoms with E-state index < -0.39 is 5.97 Å². The summed E-state index contributed by atoms with van der Waals surface area (Å²) in [6.45, 7) is 0.513. The van der Waals surface area contributed by atoms with Gasteiger partial charge < -0.3 is 10.8 Å². The van der Waals surface area contributed by atoms with Crippen molar-refractivity contribution in [2.45, 2.75) is 51.4 Å². The van der Waals surface area contributed by atoms with Crippen LogP contribution < -0.4 is 5.73 Å². The first-order valence-electron chi connectivity index (χ1n) is 6.14. The molecule has 1 fully saturated rings. The Bertz CT molecular complexity index is 188. The van der Waals surface area contributed by atoms with Crippen LogP contribution in [-0.4, -0.2) is 17.6 Å². The maximum Gasteiger partial charge on any atom is 0.303 e. The third kappa shape index (κ3) is 5.17. The number of carbonyl (C=O) groups is 1. The van der Waals surface area contributed by atoms with Crippen LogP contribution in [0, 0.1) is 11.8 Å². The molecule has 0 amide bonds. The Balaban J connectivity index is 2.17. The van der Waals surface area contributed by atoms with Gasteiger partial charge in [0.25, 0.3) is 0 Å². The normalized spacial score (nSPS) is 20.1. The van der Waals surface area contributed by atoms with Gasteiger partial charge in [0.1, 0.15) is 0 Å². The van der Waals surface area contributed by atoms with Crippen LogP contribution >= 0.6 is 0 Å². The van der Waals surface area contributed by atoms with E-state index in [1.807, 2.05) is 0 Å². The lowest BCUT2D eigenvalue weighted by Gasteiger charge is -2.23. The molecule has 3 N–H and O–H groups in total. The fourth-order valence-corrected chi connectivity index (χ4v) is 2.50. The maximum absolute atomic E-state index is 10.6. The van der Waals surface area contributed by atoms with Gasteiger partial charge in [0.05, 0.1) is 0 Å². The minimum absolute atomic E-state index is 0.185. The molecule has 1 unspecified atom stereocenters. The number of hydrogen-bond acceptors (Lipinski definition) is 2. The molecule has 1 rings (SSSR count). The molecule has 0 aromatic heterocycles. The lowest BCUT2D eigenvalue weighted by atomic mass is 9.83. The summed E-state index contributed by atoms with van der Waals surface area (Å²) in [6.07, 6.45) is 9.18. The first kappa shape index (κ1) is 12.5. The zero-order chi connectivity index (χ0) is 11.1. The molecule has 1 saturated carbocycles. The quantitative estimate of drug-likeness (QED) is 0.712. The van der Waals surface area contributed by atoms with Crippen LogP contribution in [0.3, 0.4) is 0 Å². The predicted octanol–water partition coefficient (Wildman–Crippen LogP) is 2.40. The first-order chi connectivity index (χ1) is 7.22. The van der Waals surface area contributed by atoms with Crippen molar-refractivity contribution < 1.29 is 9.90 Å². The zero-order valence-electron chi connectivity index (χ0n) is 9.45. The lowest BCUT2D eigenvalue weighted by molar-refractivity contribution is -0.138. The summed E-state index contributed by atoms with van der Waals surface area (Å²) in [5, 5.41) is 8.70. The largest absolute Gasteiger partial charge is 0.481 e. The average Bonchev–Trinajstić information content (AvgIpc) is 2.25. The third-order valence-electron chi connectivity index (χ3n) is 3.50. The summed E-state index contributed by atoms with van der Waals surface area (Å²) in [7, 11) is 0. The summed E-state index contributed by atoms with van der Waals surface area (Å²) in [5.41, 5.74) is 5.57. The Morgan fingerprint density at radius 1 is 1.33 bits per heavy atom. The summed E-state index contributed by atoms with van der Waals surface area (Å²) >= 11 is 0. The Kier molecular flexibility index (Phi) is 5.69. The molecule has 88 valence electrons. The molecule has 3 heteroatoms. The van der Waals surface area contributed by atoms with Crippen LogP contribution in [0.15, 0.2) is 0 Å². The van der Waals surface area contributed by atoms with Gasteiger partial charge in [-0.15, -0.1) is 0 Å². The van der Waals surface area contributed by atoms with Crippen molar-refractivity contribution in [1.29, 1.82) is 0 Å². The van der Waals surface area contributed by atoms with E-state index in [-0.39, 0.29) is 12.3 Å². The van der Waals surface area contributed by atoms with E-state index in [1.54, 1.807) is 0 Å². The van der Waals surface area contributed by atoms with E-state index in [4.69, 9.17) is 10.8 Å². The Morgan fingerprint density at radius 2 is 2.00 bits per heavy atom. The highest BCUT2D eigenvalue weighted by Gasteiger charge is 2.17. The van der Waals surface area contributed by atoms with Gasteiger partial charge in [-0.05, 0) is 24.8 Å². The summed E-state index contributed by atoms with van der Waals surface area (Å²) in [6, 6.07) is 0. The number of aliphatic carboxylic acids is 1. The highest BCUT2D eigenvalue weighted by Crippen LogP contribution is 2.28. The molecule has 0 spiro atoms. The molecule has 1 aliphatic rings. The number of rotatable bonds is 6. The van der Waals surface area contributed by atoms with Crippen LogP contribution in [0.4, 0.5) is 0 Å². The van der Waals surface area contributed by atoms with Crippen molar-refractivity contribution in [3.05, 3.63) is 0 Å². The number of carboxylic acids is 1. The van der Waals surface area contributed by atoms with Crippen molar-refractivity contribution >= 4 is 5.97 Å². The van der Waals surface area contributed by atoms with Gasteiger partial charge in [0, 0.05) is 6.42 Å². The second kappa shape index (κ2) is 6.83. The lowest BCUT2D eigenvalue weighted by Crippen LogP contribution is -2.19. The average molecular weight is 213 g/mol. The van der Waals surface area contributed by atoms with E-state index in [2.05, 4.69) is 0 Å². The molecular weight excluding hydrogens is 190 g/mol. The Labute approximate surface area is 92.0 Å². The molecular formula is C12H23NO2. The second-order valence-corrected chi connectivity index (χ2v) is 4.78. The molecule has 0 aromatic carbocycles. The predicted molar refractivity (Wildman–Crippen MR) is 60.6 cm³/mol. The summed E-state index contributed by atoms with van der Waals surface area (Å²) in [5.74, 6) is 0.306. The van der Waals surface area contributed by atoms with Gasteiger partial charge in [-0.25, -0.2) is 0 Å². The molecule has 15 heavy (non-hydrogen) atoms. The van der Waals surface area contributed by atoms with Gasteiger partial charge >= 0.3 is 5.97 Å². The third-order valence-corrected chi connectivity index (χ3v) is 3.50. The first-order valence-corrected chi connectivity index (χ1v) is 6.14. The molecule has 1 aliphatic carbocycles. The van der Waals surface area contributed by atoms with Gasteiger partial charge in [0.2, 0.25) is 0 Å². The molecule has 0 radical (unpaired) electrons. The smallest absolute Gasteiger partial charge is 0.303 e. The Morgan fingerprint density at radius 3 is 2.53 bits per heavy atom. The van der Waals surface area contributed by atoms with Gasteiger partial charge in [-0.2, -0.15) is 0 Å². The summed E-state index contributed by atoms with van der Waals surface area (Å²) in [4.78, 5) is 10.6. The topological polar surface area (TPSA) is 63.3 Å². The molecule has 0 aliphatic heterocycles. The van der Waals surface area contributed by atoms with Gasteiger partial charge in [-0.1, -0.05) is 38.5 Å². The minimum atomic E-state index is -0.714. The van der Waals surface area contributed by atoms with Crippen molar-refractivity contribution in [2.24, 2.45) is 17.6 Å². The van der Waals surface area contributed by atoms with Crippen molar-refractivity contribution in [2.75, 3.05) is 6.54 Å². The highest BCUT2D eigenvalue weighted by atomic mass is 16.4. The fraction of sp³-hybridized carbons (Fsp3) is 0.917. The number of carboxylic acid groups (broad SMARTS) is 1. The molecule has 3 nitrogen and oxygen atoms in total. The van der Waals surface area contributed by atoms with Crippen LogP contribution in [0.1, 0.15) is 51.4 Å². The van der Waals surface area contributed by atoms with Crippen LogP contribution in [0.25, 0.3) is 0 Å². The standard InChI is InChI=1S/C12H23NO2/c13-9-11(8-12(14)15)7-6-10-4-2-1-3-5-10/h10-11H,1-9,13H2,(H,14,15). The molecule has 0 bridgehead atoms.